The molecule has 0 aliphatic heterocycles. The summed E-state index contributed by atoms with van der Waals surface area (Å²) in [6.45, 7) is 1.99. The van der Waals surface area contributed by atoms with Crippen molar-refractivity contribution in [3.63, 3.8) is 0 Å². The molecule has 0 aromatic heterocycles. The Hall–Kier alpha value is -1.31. The van der Waals surface area contributed by atoms with Gasteiger partial charge in [0, 0.05) is 5.02 Å². The van der Waals surface area contributed by atoms with E-state index in [1.807, 2.05) is 55.5 Å². The molecule has 0 fully saturated rings. The first-order chi connectivity index (χ1) is 9.08. The lowest BCUT2D eigenvalue weighted by molar-refractivity contribution is -0.113. The van der Waals surface area contributed by atoms with Crippen LogP contribution < -0.4 is 0 Å². The van der Waals surface area contributed by atoms with Crippen LogP contribution in [0.1, 0.15) is 22.6 Å². The highest BCUT2D eigenvalue weighted by Gasteiger charge is 2.20. The van der Waals surface area contributed by atoms with Crippen LogP contribution in [0.5, 0.6) is 0 Å². The van der Waals surface area contributed by atoms with Gasteiger partial charge in [-0.2, -0.15) is 0 Å². The van der Waals surface area contributed by atoms with Crippen LogP contribution in [-0.4, -0.2) is 5.24 Å². The molecule has 19 heavy (non-hydrogen) atoms. The number of rotatable bonds is 4. The third-order valence-corrected chi connectivity index (χ3v) is 3.67. The average molecular weight is 293 g/mol. The highest BCUT2D eigenvalue weighted by molar-refractivity contribution is 6.64. The van der Waals surface area contributed by atoms with Crippen LogP contribution >= 0.6 is 23.2 Å². The number of halogens is 2. The van der Waals surface area contributed by atoms with Gasteiger partial charge in [0.25, 0.3) is 0 Å². The second-order valence-electron chi connectivity index (χ2n) is 4.55. The molecule has 0 bridgehead atoms. The summed E-state index contributed by atoms with van der Waals surface area (Å²) >= 11 is 11.7. The molecule has 1 unspecified atom stereocenters. The summed E-state index contributed by atoms with van der Waals surface area (Å²) in [5.74, 6) is -0.332. The number of carbonyl (C=O) groups is 1. The molecule has 0 amide bonds. The highest BCUT2D eigenvalue weighted by Crippen LogP contribution is 2.27. The maximum absolute atomic E-state index is 11.7. The lowest BCUT2D eigenvalue weighted by Gasteiger charge is -2.15. The van der Waals surface area contributed by atoms with Gasteiger partial charge in [-0.05, 0) is 53.8 Å². The minimum Gasteiger partial charge on any atom is -0.281 e. The van der Waals surface area contributed by atoms with Crippen LogP contribution in [0.2, 0.25) is 5.02 Å². The van der Waals surface area contributed by atoms with Crippen LogP contribution in [0.4, 0.5) is 0 Å². The van der Waals surface area contributed by atoms with E-state index in [0.717, 1.165) is 16.7 Å². The van der Waals surface area contributed by atoms with E-state index in [2.05, 4.69) is 0 Å². The first-order valence-corrected chi connectivity index (χ1v) is 6.83. The molecule has 0 heterocycles. The fourth-order valence-corrected chi connectivity index (χ4v) is 2.60. The van der Waals surface area contributed by atoms with Gasteiger partial charge in [-0.1, -0.05) is 48.0 Å². The second-order valence-corrected chi connectivity index (χ2v) is 5.36. The molecule has 0 N–H and O–H groups in total. The van der Waals surface area contributed by atoms with Crippen molar-refractivity contribution in [3.8, 4) is 0 Å². The van der Waals surface area contributed by atoms with E-state index < -0.39 is 0 Å². The number of benzene rings is 2. The van der Waals surface area contributed by atoms with E-state index in [1.54, 1.807) is 0 Å². The van der Waals surface area contributed by atoms with Crippen LogP contribution in [-0.2, 0) is 11.2 Å². The fourth-order valence-electron chi connectivity index (χ4n) is 2.19. The van der Waals surface area contributed by atoms with E-state index in [4.69, 9.17) is 23.2 Å². The Labute approximate surface area is 123 Å². The minimum absolute atomic E-state index is 0.332. The Morgan fingerprint density at radius 2 is 1.89 bits per heavy atom. The summed E-state index contributed by atoms with van der Waals surface area (Å²) in [7, 11) is 0. The topological polar surface area (TPSA) is 17.1 Å². The van der Waals surface area contributed by atoms with E-state index in [-0.39, 0.29) is 11.2 Å². The van der Waals surface area contributed by atoms with Crippen molar-refractivity contribution in [2.75, 3.05) is 0 Å². The quantitative estimate of drug-likeness (QED) is 0.744. The second kappa shape index (κ2) is 6.23. The largest absolute Gasteiger partial charge is 0.281 e. The zero-order valence-electron chi connectivity index (χ0n) is 10.6. The van der Waals surface area contributed by atoms with Crippen molar-refractivity contribution in [3.05, 3.63) is 70.2 Å². The summed E-state index contributed by atoms with van der Waals surface area (Å²) in [5, 5.41) is 0.331. The van der Waals surface area contributed by atoms with Gasteiger partial charge >= 0.3 is 0 Å². The van der Waals surface area contributed by atoms with Crippen LogP contribution in [0.15, 0.2) is 48.5 Å². The molecule has 0 aliphatic carbocycles. The molecule has 0 radical (unpaired) electrons. The van der Waals surface area contributed by atoms with Crippen molar-refractivity contribution < 1.29 is 4.79 Å². The third kappa shape index (κ3) is 3.59. The lowest BCUT2D eigenvalue weighted by atomic mass is 9.90. The standard InChI is InChI=1S/C16H14Cl2O/c1-11-5-2-3-8-14(11)15(16(18)19)10-12-6-4-7-13(17)9-12/h2-9,15H,10H2,1H3. The molecule has 0 aliphatic rings. The Morgan fingerprint density at radius 3 is 2.53 bits per heavy atom. The van der Waals surface area contributed by atoms with Gasteiger partial charge in [0.2, 0.25) is 5.24 Å². The first kappa shape index (κ1) is 14.1. The molecule has 2 aromatic carbocycles. The smallest absolute Gasteiger partial charge is 0.229 e. The summed E-state index contributed by atoms with van der Waals surface area (Å²) < 4.78 is 0. The van der Waals surface area contributed by atoms with E-state index in [1.165, 1.54) is 0 Å². The Bertz CT molecular complexity index is 593. The van der Waals surface area contributed by atoms with Crippen molar-refractivity contribution in [2.24, 2.45) is 0 Å². The van der Waals surface area contributed by atoms with Crippen molar-refractivity contribution in [1.82, 2.24) is 0 Å². The maximum Gasteiger partial charge on any atom is 0.229 e. The average Bonchev–Trinajstić information content (AvgIpc) is 2.37. The predicted octanol–water partition coefficient (Wildman–Crippen LogP) is 4.74. The molecule has 0 spiro atoms. The molecule has 1 atom stereocenters. The monoisotopic (exact) mass is 292 g/mol. The number of aryl methyl sites for hydroxylation is 1. The van der Waals surface area contributed by atoms with Gasteiger partial charge in [-0.15, -0.1) is 0 Å². The Morgan fingerprint density at radius 1 is 1.16 bits per heavy atom. The molecule has 98 valence electrons. The van der Waals surface area contributed by atoms with Crippen molar-refractivity contribution >= 4 is 28.4 Å². The molecule has 0 saturated carbocycles. The molecule has 1 nitrogen and oxygen atoms in total. The van der Waals surface area contributed by atoms with Crippen LogP contribution in [0, 0.1) is 6.92 Å². The summed E-state index contributed by atoms with van der Waals surface area (Å²) in [5.41, 5.74) is 3.06. The Balaban J connectivity index is 2.32. The molecule has 2 aromatic rings. The van der Waals surface area contributed by atoms with Crippen molar-refractivity contribution in [2.45, 2.75) is 19.3 Å². The van der Waals surface area contributed by atoms with Crippen molar-refractivity contribution in [1.29, 1.82) is 0 Å². The lowest BCUT2D eigenvalue weighted by Crippen LogP contribution is -2.11. The summed E-state index contributed by atoms with van der Waals surface area (Å²) in [6, 6.07) is 15.3. The van der Waals surface area contributed by atoms with Crippen LogP contribution in [0.3, 0.4) is 0 Å². The summed E-state index contributed by atoms with van der Waals surface area (Å²) in [4.78, 5) is 11.7. The molecule has 0 saturated heterocycles. The molecule has 3 heteroatoms. The van der Waals surface area contributed by atoms with Gasteiger partial charge in [0.1, 0.15) is 0 Å². The Kier molecular flexibility index (Phi) is 4.62. The number of hydrogen-bond acceptors (Lipinski definition) is 1. The van der Waals surface area contributed by atoms with E-state index in [0.29, 0.717) is 11.4 Å². The maximum atomic E-state index is 11.7. The molecule has 2 rings (SSSR count). The fraction of sp³-hybridized carbons (Fsp3) is 0.188. The van der Waals surface area contributed by atoms with E-state index in [9.17, 15) is 4.79 Å². The zero-order valence-corrected chi connectivity index (χ0v) is 12.1. The molecular weight excluding hydrogens is 279 g/mol. The first-order valence-electron chi connectivity index (χ1n) is 6.07. The van der Waals surface area contributed by atoms with E-state index >= 15 is 0 Å². The highest BCUT2D eigenvalue weighted by atomic mass is 35.5. The normalized spacial score (nSPS) is 12.2. The van der Waals surface area contributed by atoms with Gasteiger partial charge in [-0.25, -0.2) is 0 Å². The minimum atomic E-state index is -0.339. The zero-order chi connectivity index (χ0) is 13.8. The SMILES string of the molecule is Cc1ccccc1C(Cc1cccc(Cl)c1)C(=O)Cl. The predicted molar refractivity (Wildman–Crippen MR) is 79.9 cm³/mol. The molecular formula is C16H14Cl2O. The van der Waals surface area contributed by atoms with Crippen LogP contribution in [0.25, 0.3) is 0 Å². The summed E-state index contributed by atoms with van der Waals surface area (Å²) in [6.07, 6.45) is 0.563. The third-order valence-electron chi connectivity index (χ3n) is 3.17. The number of carbonyl (C=O) groups excluding carboxylic acids is 1. The number of hydrogen-bond donors (Lipinski definition) is 0. The van der Waals surface area contributed by atoms with Gasteiger partial charge < -0.3 is 0 Å². The van der Waals surface area contributed by atoms with Gasteiger partial charge in [0.05, 0.1) is 5.92 Å². The van der Waals surface area contributed by atoms with Gasteiger partial charge in [0.15, 0.2) is 0 Å². The van der Waals surface area contributed by atoms with Gasteiger partial charge in [-0.3, -0.25) is 4.79 Å².